The molecule has 0 aromatic heterocycles. The molecular formula is C11H22O11S2. The second-order valence-electron chi connectivity index (χ2n) is 5.43. The molecule has 7 N–H and O–H groups in total. The summed E-state index contributed by atoms with van der Waals surface area (Å²) in [7, 11) is -6.31. The summed E-state index contributed by atoms with van der Waals surface area (Å²) >= 11 is 0. The van der Waals surface area contributed by atoms with Crippen LogP contribution in [-0.4, -0.2) is 115 Å². The number of hydrogen-bond acceptors (Lipinski definition) is 11. The average molecular weight is 394 g/mol. The first kappa shape index (κ1) is 22.0. The molecule has 1 rings (SSSR count). The van der Waals surface area contributed by atoms with Crippen LogP contribution in [0.5, 0.6) is 0 Å². The van der Waals surface area contributed by atoms with Crippen LogP contribution in [-0.2, 0) is 25.5 Å². The molecule has 0 aromatic carbocycles. The zero-order valence-corrected chi connectivity index (χ0v) is 14.1. The van der Waals surface area contributed by atoms with Gasteiger partial charge in [-0.2, -0.15) is 0 Å². The SMILES string of the molecule is O=S(=O)([O-])O[C@H]([C@H](O)[C@@H](O)CO)[C@H](O)C[S+]1C[C@@H](O)[C@H](O)[C@H]1CO. The molecule has 0 aromatic rings. The van der Waals surface area contributed by atoms with Crippen molar-refractivity contribution < 1.29 is 52.9 Å². The van der Waals surface area contributed by atoms with Gasteiger partial charge in [-0.05, 0) is 0 Å². The van der Waals surface area contributed by atoms with Gasteiger partial charge in [-0.15, -0.1) is 0 Å². The monoisotopic (exact) mass is 394 g/mol. The Balaban J connectivity index is 2.89. The largest absolute Gasteiger partial charge is 0.726 e. The van der Waals surface area contributed by atoms with E-state index in [1.165, 1.54) is 0 Å². The third-order valence-corrected chi connectivity index (χ3v) is 6.96. The van der Waals surface area contributed by atoms with Crippen molar-refractivity contribution in [3.05, 3.63) is 0 Å². The van der Waals surface area contributed by atoms with E-state index in [-0.39, 0.29) is 11.5 Å². The second-order valence-corrected chi connectivity index (χ2v) is 8.78. The van der Waals surface area contributed by atoms with Gasteiger partial charge >= 0.3 is 0 Å². The fourth-order valence-electron chi connectivity index (χ4n) is 2.42. The van der Waals surface area contributed by atoms with Crippen molar-refractivity contribution in [1.82, 2.24) is 0 Å². The van der Waals surface area contributed by atoms with E-state index in [1.54, 1.807) is 0 Å². The van der Waals surface area contributed by atoms with Crippen molar-refractivity contribution in [2.45, 2.75) is 41.9 Å². The number of aliphatic hydroxyl groups is 7. The molecule has 0 radical (unpaired) electrons. The zero-order valence-electron chi connectivity index (χ0n) is 12.4. The Morgan fingerprint density at radius 3 is 2.21 bits per heavy atom. The molecule has 0 bridgehead atoms. The van der Waals surface area contributed by atoms with Crippen molar-refractivity contribution in [3.8, 4) is 0 Å². The van der Waals surface area contributed by atoms with Gasteiger partial charge in [0, 0.05) is 10.9 Å². The molecule has 0 saturated carbocycles. The molecule has 1 aliphatic rings. The maximum absolute atomic E-state index is 10.8. The van der Waals surface area contributed by atoms with Gasteiger partial charge in [-0.25, -0.2) is 8.42 Å². The van der Waals surface area contributed by atoms with Crippen LogP contribution < -0.4 is 0 Å². The average Bonchev–Trinajstić information content (AvgIpc) is 2.76. The van der Waals surface area contributed by atoms with Crippen LogP contribution in [0.25, 0.3) is 0 Å². The molecule has 13 heteroatoms. The lowest BCUT2D eigenvalue weighted by Gasteiger charge is -2.30. The van der Waals surface area contributed by atoms with Crippen LogP contribution in [0.4, 0.5) is 0 Å². The highest BCUT2D eigenvalue weighted by atomic mass is 32.3. The minimum atomic E-state index is -5.34. The van der Waals surface area contributed by atoms with Crippen LogP contribution in [0, 0.1) is 0 Å². The molecular weight excluding hydrogens is 372 g/mol. The fourth-order valence-corrected chi connectivity index (χ4v) is 5.61. The number of hydrogen-bond donors (Lipinski definition) is 7. The van der Waals surface area contributed by atoms with Crippen molar-refractivity contribution in [3.63, 3.8) is 0 Å². The zero-order chi connectivity index (χ0) is 18.7. The molecule has 24 heavy (non-hydrogen) atoms. The van der Waals surface area contributed by atoms with Gasteiger partial charge in [-0.1, -0.05) is 0 Å². The Morgan fingerprint density at radius 2 is 1.75 bits per heavy atom. The molecule has 0 spiro atoms. The Labute approximate surface area is 141 Å². The molecule has 1 heterocycles. The van der Waals surface area contributed by atoms with Crippen LogP contribution in [0.3, 0.4) is 0 Å². The summed E-state index contributed by atoms with van der Waals surface area (Å²) in [6, 6.07) is 0. The minimum absolute atomic E-state index is 0.0128. The molecule has 1 unspecified atom stereocenters. The van der Waals surface area contributed by atoms with E-state index in [9.17, 15) is 43.6 Å². The third-order valence-electron chi connectivity index (χ3n) is 3.68. The maximum Gasteiger partial charge on any atom is 0.218 e. The molecule has 1 saturated heterocycles. The first-order valence-electron chi connectivity index (χ1n) is 6.94. The lowest BCUT2D eigenvalue weighted by atomic mass is 10.0. The van der Waals surface area contributed by atoms with Gasteiger partial charge in [0.1, 0.15) is 48.1 Å². The molecule has 144 valence electrons. The van der Waals surface area contributed by atoms with E-state index in [1.807, 2.05) is 0 Å². The molecule has 0 aliphatic carbocycles. The van der Waals surface area contributed by atoms with Crippen molar-refractivity contribution in [2.75, 3.05) is 24.7 Å². The summed E-state index contributed by atoms with van der Waals surface area (Å²) in [6.45, 7) is -1.48. The lowest BCUT2D eigenvalue weighted by molar-refractivity contribution is -0.100. The standard InChI is InChI=1S/C11H22O11S2/c12-1-5(14)10(18)11(22-24(19,20)21)7(16)4-23-3-6(15)9(17)8(23)2-13/h5-18H,1-4H2/t5-,6+,7+,8+,9-,10+,11-,23?/m0/s1. The van der Waals surface area contributed by atoms with Crippen LogP contribution in [0.2, 0.25) is 0 Å². The third kappa shape index (κ3) is 5.74. The Kier molecular flexibility index (Phi) is 8.28. The molecule has 11 nitrogen and oxygen atoms in total. The van der Waals surface area contributed by atoms with Gasteiger partial charge in [0.2, 0.25) is 10.4 Å². The summed E-state index contributed by atoms with van der Waals surface area (Å²) in [6.07, 6.45) is -10.2. The Bertz CT molecular complexity index is 486. The summed E-state index contributed by atoms with van der Waals surface area (Å²) in [5.41, 5.74) is 0. The van der Waals surface area contributed by atoms with E-state index >= 15 is 0 Å². The highest BCUT2D eigenvalue weighted by Crippen LogP contribution is 2.26. The quantitative estimate of drug-likeness (QED) is 0.111. The van der Waals surface area contributed by atoms with Gasteiger partial charge < -0.3 is 40.3 Å². The lowest BCUT2D eigenvalue weighted by Crippen LogP contribution is -2.51. The van der Waals surface area contributed by atoms with Crippen LogP contribution in [0.15, 0.2) is 0 Å². The molecule has 8 atom stereocenters. The Hall–Kier alpha value is -0.0600. The summed E-state index contributed by atoms with van der Waals surface area (Å²) in [5, 5.41) is 65.9. The van der Waals surface area contributed by atoms with Gasteiger partial charge in [0.05, 0.1) is 13.2 Å². The minimum Gasteiger partial charge on any atom is -0.726 e. The highest BCUT2D eigenvalue weighted by molar-refractivity contribution is 7.97. The van der Waals surface area contributed by atoms with Gasteiger partial charge in [-0.3, -0.25) is 4.18 Å². The van der Waals surface area contributed by atoms with Gasteiger partial charge in [0.25, 0.3) is 0 Å². The first-order valence-corrected chi connectivity index (χ1v) is 9.90. The summed E-state index contributed by atoms with van der Waals surface area (Å²) in [5.74, 6) is -0.298. The molecule has 1 fully saturated rings. The highest BCUT2D eigenvalue weighted by Gasteiger charge is 2.51. The summed E-state index contributed by atoms with van der Waals surface area (Å²) in [4.78, 5) is 0. The molecule has 0 amide bonds. The Morgan fingerprint density at radius 1 is 1.17 bits per heavy atom. The van der Waals surface area contributed by atoms with Crippen molar-refractivity contribution in [2.24, 2.45) is 0 Å². The second kappa shape index (κ2) is 9.05. The maximum atomic E-state index is 10.8. The smallest absolute Gasteiger partial charge is 0.218 e. The van der Waals surface area contributed by atoms with Crippen LogP contribution in [0.1, 0.15) is 0 Å². The molecule has 1 aliphatic heterocycles. The topological polar surface area (TPSA) is 208 Å². The number of aliphatic hydroxyl groups excluding tert-OH is 7. The van der Waals surface area contributed by atoms with E-state index in [4.69, 9.17) is 5.11 Å². The van der Waals surface area contributed by atoms with E-state index in [2.05, 4.69) is 4.18 Å². The van der Waals surface area contributed by atoms with E-state index < -0.39 is 76.4 Å². The predicted octanol–water partition coefficient (Wildman–Crippen LogP) is -5.38. The van der Waals surface area contributed by atoms with Crippen molar-refractivity contribution in [1.29, 1.82) is 0 Å². The van der Waals surface area contributed by atoms with E-state index in [0.29, 0.717) is 0 Å². The van der Waals surface area contributed by atoms with Gasteiger partial charge in [0.15, 0.2) is 5.25 Å². The van der Waals surface area contributed by atoms with Crippen molar-refractivity contribution >= 4 is 21.3 Å². The normalized spacial score (nSPS) is 33.2. The first-order chi connectivity index (χ1) is 11.0. The summed E-state index contributed by atoms with van der Waals surface area (Å²) < 4.78 is 36.4. The van der Waals surface area contributed by atoms with E-state index in [0.717, 1.165) is 0 Å². The fraction of sp³-hybridized carbons (Fsp3) is 1.00. The number of rotatable bonds is 9. The predicted molar refractivity (Wildman–Crippen MR) is 79.7 cm³/mol. The van der Waals surface area contributed by atoms with Crippen LogP contribution >= 0.6 is 0 Å².